The molecule has 0 aliphatic carbocycles. The zero-order valence-electron chi connectivity index (χ0n) is 11.4. The largest absolute Gasteiger partial charge is 0.488 e. The average molecular weight is 279 g/mol. The SMILES string of the molecule is COC(=O)c1ccccc1O[C@H]1CN[C@H](C(=O)OC)C1. The fraction of sp³-hybridized carbons (Fsp3) is 0.429. The van der Waals surface area contributed by atoms with E-state index in [9.17, 15) is 9.59 Å². The van der Waals surface area contributed by atoms with Crippen LogP contribution in [0.4, 0.5) is 0 Å². The van der Waals surface area contributed by atoms with Crippen molar-refractivity contribution >= 4 is 11.9 Å². The number of ether oxygens (including phenoxy) is 3. The van der Waals surface area contributed by atoms with E-state index in [2.05, 4.69) is 10.1 Å². The van der Waals surface area contributed by atoms with E-state index in [-0.39, 0.29) is 18.1 Å². The zero-order valence-corrected chi connectivity index (χ0v) is 11.4. The van der Waals surface area contributed by atoms with Gasteiger partial charge in [0.2, 0.25) is 0 Å². The number of benzene rings is 1. The maximum absolute atomic E-state index is 11.6. The third kappa shape index (κ3) is 3.08. The van der Waals surface area contributed by atoms with Gasteiger partial charge in [0, 0.05) is 13.0 Å². The molecule has 0 unspecified atom stereocenters. The Morgan fingerprint density at radius 2 is 1.95 bits per heavy atom. The molecule has 0 saturated carbocycles. The minimum atomic E-state index is -0.448. The highest BCUT2D eigenvalue weighted by Crippen LogP contribution is 2.23. The summed E-state index contributed by atoms with van der Waals surface area (Å²) in [4.78, 5) is 23.1. The van der Waals surface area contributed by atoms with Gasteiger partial charge in [-0.15, -0.1) is 0 Å². The van der Waals surface area contributed by atoms with Crippen molar-refractivity contribution in [3.05, 3.63) is 29.8 Å². The fourth-order valence-electron chi connectivity index (χ4n) is 2.14. The summed E-state index contributed by atoms with van der Waals surface area (Å²) >= 11 is 0. The van der Waals surface area contributed by atoms with Gasteiger partial charge in [0.15, 0.2) is 0 Å². The second-order valence-corrected chi connectivity index (χ2v) is 4.45. The van der Waals surface area contributed by atoms with Gasteiger partial charge in [0.05, 0.1) is 14.2 Å². The first-order valence-corrected chi connectivity index (χ1v) is 6.31. The molecule has 0 radical (unpaired) electrons. The van der Waals surface area contributed by atoms with E-state index in [0.717, 1.165) is 0 Å². The van der Waals surface area contributed by atoms with Crippen LogP contribution >= 0.6 is 0 Å². The molecule has 6 heteroatoms. The average Bonchev–Trinajstić information content (AvgIpc) is 2.94. The molecule has 1 aromatic rings. The molecule has 1 aliphatic heterocycles. The van der Waals surface area contributed by atoms with Crippen molar-refractivity contribution < 1.29 is 23.8 Å². The summed E-state index contributed by atoms with van der Waals surface area (Å²) in [6, 6.07) is 6.50. The van der Waals surface area contributed by atoms with Crippen LogP contribution in [0.15, 0.2) is 24.3 Å². The lowest BCUT2D eigenvalue weighted by molar-refractivity contribution is -0.142. The molecule has 1 fully saturated rings. The van der Waals surface area contributed by atoms with Crippen molar-refractivity contribution in [3.63, 3.8) is 0 Å². The number of nitrogens with one attached hydrogen (secondary N) is 1. The highest BCUT2D eigenvalue weighted by molar-refractivity contribution is 5.92. The van der Waals surface area contributed by atoms with Crippen LogP contribution in [0.1, 0.15) is 16.8 Å². The first-order chi connectivity index (χ1) is 9.65. The summed E-state index contributed by atoms with van der Waals surface area (Å²) in [6.07, 6.45) is 0.312. The number of hydrogen-bond acceptors (Lipinski definition) is 6. The molecular formula is C14H17NO5. The molecule has 0 amide bonds. The van der Waals surface area contributed by atoms with Crippen molar-refractivity contribution in [2.45, 2.75) is 18.6 Å². The summed E-state index contributed by atoms with van der Waals surface area (Å²) in [5.41, 5.74) is 0.372. The second-order valence-electron chi connectivity index (χ2n) is 4.45. The van der Waals surface area contributed by atoms with Crippen LogP contribution in [-0.4, -0.2) is 44.8 Å². The van der Waals surface area contributed by atoms with Crippen LogP contribution < -0.4 is 10.1 Å². The molecule has 2 atom stereocenters. The van der Waals surface area contributed by atoms with E-state index >= 15 is 0 Å². The van der Waals surface area contributed by atoms with Crippen LogP contribution in [0.25, 0.3) is 0 Å². The van der Waals surface area contributed by atoms with Crippen LogP contribution in [0.2, 0.25) is 0 Å². The van der Waals surface area contributed by atoms with E-state index in [1.54, 1.807) is 24.3 Å². The quantitative estimate of drug-likeness (QED) is 0.820. The first kappa shape index (κ1) is 14.3. The minimum absolute atomic E-state index is 0.190. The molecular weight excluding hydrogens is 262 g/mol. The fourth-order valence-corrected chi connectivity index (χ4v) is 2.14. The Morgan fingerprint density at radius 1 is 1.20 bits per heavy atom. The molecule has 6 nitrogen and oxygen atoms in total. The molecule has 1 aliphatic rings. The summed E-state index contributed by atoms with van der Waals surface area (Å²) in [6.45, 7) is 0.523. The van der Waals surface area contributed by atoms with Crippen LogP contribution in [0.3, 0.4) is 0 Å². The number of hydrogen-bond donors (Lipinski definition) is 1. The van der Waals surface area contributed by atoms with Gasteiger partial charge in [-0.25, -0.2) is 4.79 Å². The van der Waals surface area contributed by atoms with Gasteiger partial charge < -0.3 is 19.5 Å². The van der Waals surface area contributed by atoms with Gasteiger partial charge in [0.1, 0.15) is 23.5 Å². The third-order valence-electron chi connectivity index (χ3n) is 3.16. The zero-order chi connectivity index (χ0) is 14.5. The third-order valence-corrected chi connectivity index (χ3v) is 3.16. The van der Waals surface area contributed by atoms with Gasteiger partial charge in [-0.3, -0.25) is 4.79 Å². The smallest absolute Gasteiger partial charge is 0.341 e. The lowest BCUT2D eigenvalue weighted by Crippen LogP contribution is -2.31. The molecule has 0 bridgehead atoms. The van der Waals surface area contributed by atoms with Gasteiger partial charge in [-0.1, -0.05) is 12.1 Å². The maximum atomic E-state index is 11.6. The number of carbonyl (C=O) groups excluding carboxylic acids is 2. The molecule has 1 heterocycles. The standard InChI is InChI=1S/C14H17NO5/c1-18-13(16)10-5-3-4-6-12(10)20-9-7-11(15-8-9)14(17)19-2/h3-6,9,11,15H,7-8H2,1-2H3/t9-,11+/m1/s1. The molecule has 1 aromatic carbocycles. The first-order valence-electron chi connectivity index (χ1n) is 6.31. The molecule has 20 heavy (non-hydrogen) atoms. The Labute approximate surface area is 117 Å². The van der Waals surface area contributed by atoms with Gasteiger partial charge in [0.25, 0.3) is 0 Å². The number of esters is 2. The monoisotopic (exact) mass is 279 g/mol. The number of carbonyl (C=O) groups is 2. The van der Waals surface area contributed by atoms with Crippen molar-refractivity contribution in [1.82, 2.24) is 5.32 Å². The molecule has 1 N–H and O–H groups in total. The van der Waals surface area contributed by atoms with Crippen molar-refractivity contribution in [3.8, 4) is 5.75 Å². The summed E-state index contributed by atoms with van der Waals surface area (Å²) < 4.78 is 15.2. The van der Waals surface area contributed by atoms with E-state index < -0.39 is 5.97 Å². The Bertz CT molecular complexity index is 502. The van der Waals surface area contributed by atoms with Crippen LogP contribution in [0, 0.1) is 0 Å². The summed E-state index contributed by atoms with van der Waals surface area (Å²) in [7, 11) is 2.67. The molecule has 2 rings (SSSR count). The molecule has 0 spiro atoms. The maximum Gasteiger partial charge on any atom is 0.341 e. The predicted octanol–water partition coefficient (Wildman–Crippen LogP) is 0.755. The van der Waals surface area contributed by atoms with Crippen molar-refractivity contribution in [2.24, 2.45) is 0 Å². The van der Waals surface area contributed by atoms with E-state index in [0.29, 0.717) is 24.3 Å². The Hall–Kier alpha value is -2.08. The highest BCUT2D eigenvalue weighted by Gasteiger charge is 2.32. The highest BCUT2D eigenvalue weighted by atomic mass is 16.5. The van der Waals surface area contributed by atoms with E-state index in [1.807, 2.05) is 0 Å². The topological polar surface area (TPSA) is 73.9 Å². The van der Waals surface area contributed by atoms with Gasteiger partial charge in [-0.2, -0.15) is 0 Å². The summed E-state index contributed by atoms with van der Waals surface area (Å²) in [5, 5.41) is 3.02. The molecule has 1 saturated heterocycles. The number of rotatable bonds is 4. The van der Waals surface area contributed by atoms with E-state index in [1.165, 1.54) is 14.2 Å². The second kappa shape index (κ2) is 6.38. The number of para-hydroxylation sites is 1. The van der Waals surface area contributed by atoms with Crippen molar-refractivity contribution in [1.29, 1.82) is 0 Å². The Morgan fingerprint density at radius 3 is 2.65 bits per heavy atom. The lowest BCUT2D eigenvalue weighted by Gasteiger charge is -2.15. The Balaban J connectivity index is 2.05. The normalized spacial score (nSPS) is 21.3. The predicted molar refractivity (Wildman–Crippen MR) is 70.6 cm³/mol. The molecule has 108 valence electrons. The molecule has 0 aromatic heterocycles. The van der Waals surface area contributed by atoms with Crippen LogP contribution in [0.5, 0.6) is 5.75 Å². The van der Waals surface area contributed by atoms with Gasteiger partial charge >= 0.3 is 11.9 Å². The Kier molecular flexibility index (Phi) is 4.57. The van der Waals surface area contributed by atoms with Crippen molar-refractivity contribution in [2.75, 3.05) is 20.8 Å². The summed E-state index contributed by atoms with van der Waals surface area (Å²) in [5.74, 6) is -0.301. The van der Waals surface area contributed by atoms with Crippen LogP contribution in [-0.2, 0) is 14.3 Å². The van der Waals surface area contributed by atoms with Gasteiger partial charge in [-0.05, 0) is 12.1 Å². The van der Waals surface area contributed by atoms with E-state index in [4.69, 9.17) is 9.47 Å². The lowest BCUT2D eigenvalue weighted by atomic mass is 10.2. The number of methoxy groups -OCH3 is 2. The minimum Gasteiger partial charge on any atom is -0.488 e.